The Balaban J connectivity index is -0.0000000484. The Morgan fingerprint density at radius 1 is 0.516 bits per heavy atom. The van der Waals surface area contributed by atoms with Crippen molar-refractivity contribution in [1.82, 2.24) is 0 Å². The molecule has 0 saturated heterocycles. The van der Waals surface area contributed by atoms with E-state index < -0.39 is 48.0 Å². The summed E-state index contributed by atoms with van der Waals surface area (Å²) in [4.78, 5) is 56.3. The number of carbonyl (C=O) groups is 6. The summed E-state index contributed by atoms with van der Waals surface area (Å²) in [5.41, 5.74) is 0. The van der Waals surface area contributed by atoms with Crippen molar-refractivity contribution < 1.29 is 69.6 Å². The predicted molar refractivity (Wildman–Crippen MR) is 88.9 cm³/mol. The Morgan fingerprint density at radius 2 is 0.613 bits per heavy atom. The summed E-state index contributed by atoms with van der Waals surface area (Å²) in [6.45, 7) is 2.27. The fraction of sp³-hybridized carbons (Fsp3) is 0.286. The van der Waals surface area contributed by atoms with E-state index in [1.807, 2.05) is 0 Å². The molecule has 0 spiro atoms. The normalized spacial score (nSPS) is 10.2. The molecular formula is C14H14Ca3O14. The summed E-state index contributed by atoms with van der Waals surface area (Å²) in [7, 11) is 0. The van der Waals surface area contributed by atoms with Crippen molar-refractivity contribution in [2.45, 2.75) is 26.1 Å². The summed E-state index contributed by atoms with van der Waals surface area (Å²) in [5.74, 6) is -9.06. The zero-order valence-electron chi connectivity index (χ0n) is 16.4. The van der Waals surface area contributed by atoms with Crippen LogP contribution in [0.25, 0.3) is 0 Å². The van der Waals surface area contributed by atoms with Crippen LogP contribution in [0.2, 0.25) is 0 Å². The molecule has 2 atom stereocenters. The van der Waals surface area contributed by atoms with Crippen LogP contribution in [0.5, 0.6) is 0 Å². The van der Waals surface area contributed by atoms with Gasteiger partial charge in [-0.15, -0.1) is 0 Å². The van der Waals surface area contributed by atoms with Gasteiger partial charge in [0.15, 0.2) is 0 Å². The molecule has 160 valence electrons. The Kier molecular flexibility index (Phi) is 50.3. The molecular weight excluding hydrogens is 512 g/mol. The Bertz CT molecular complexity index is 515. The molecule has 31 heavy (non-hydrogen) atoms. The van der Waals surface area contributed by atoms with E-state index in [0.29, 0.717) is 24.3 Å². The maximum Gasteiger partial charge on any atom is 2.00 e. The molecule has 0 heterocycles. The molecule has 2 N–H and O–H groups in total. The summed E-state index contributed by atoms with van der Waals surface area (Å²) in [6.07, 6.45) is -1.15. The van der Waals surface area contributed by atoms with Crippen LogP contribution >= 0.6 is 0 Å². The van der Waals surface area contributed by atoms with Crippen molar-refractivity contribution in [1.29, 1.82) is 0 Å². The second kappa shape index (κ2) is 32.2. The maximum absolute atomic E-state index is 9.41. The van der Waals surface area contributed by atoms with Crippen molar-refractivity contribution in [3.8, 4) is 0 Å². The average molecular weight is 526 g/mol. The first-order valence-electron chi connectivity index (χ1n) is 6.52. The molecule has 2 unspecified atom stereocenters. The minimum Gasteiger partial charge on any atom is -0.547 e. The van der Waals surface area contributed by atoms with E-state index in [1.54, 1.807) is 0 Å². The molecule has 0 saturated carbocycles. The van der Waals surface area contributed by atoms with E-state index in [9.17, 15) is 59.4 Å². The van der Waals surface area contributed by atoms with Crippen molar-refractivity contribution in [3.05, 3.63) is 24.3 Å². The van der Waals surface area contributed by atoms with Crippen LogP contribution in [0.15, 0.2) is 24.3 Å². The third-order valence-electron chi connectivity index (χ3n) is 1.39. The van der Waals surface area contributed by atoms with E-state index in [-0.39, 0.29) is 113 Å². The van der Waals surface area contributed by atoms with E-state index in [0.717, 1.165) is 13.8 Å². The Hall–Kier alpha value is -0.000779. The van der Waals surface area contributed by atoms with Crippen molar-refractivity contribution >= 4 is 149 Å². The molecule has 0 rings (SSSR count). The number of carboxylic acids is 6. The quantitative estimate of drug-likeness (QED) is 0.240. The van der Waals surface area contributed by atoms with Gasteiger partial charge in [-0.2, -0.15) is 0 Å². The second-order valence-electron chi connectivity index (χ2n) is 3.93. The van der Waals surface area contributed by atoms with Gasteiger partial charge in [-0.1, -0.05) is 0 Å². The van der Waals surface area contributed by atoms with Gasteiger partial charge in [0.2, 0.25) is 0 Å². The van der Waals surface area contributed by atoms with Gasteiger partial charge in [0.05, 0.1) is 48.0 Å². The Labute approximate surface area is 265 Å². The van der Waals surface area contributed by atoms with Crippen LogP contribution in [0, 0.1) is 0 Å². The molecule has 0 bridgehead atoms. The van der Waals surface area contributed by atoms with Crippen LogP contribution < -0.4 is 30.6 Å². The van der Waals surface area contributed by atoms with E-state index in [2.05, 4.69) is 0 Å². The van der Waals surface area contributed by atoms with E-state index in [1.165, 1.54) is 0 Å². The molecule has 0 aromatic rings. The monoisotopic (exact) mass is 526 g/mol. The van der Waals surface area contributed by atoms with Gasteiger partial charge >= 0.3 is 113 Å². The third kappa shape index (κ3) is 72.6. The first kappa shape index (κ1) is 48.4. The van der Waals surface area contributed by atoms with Crippen LogP contribution in [0.3, 0.4) is 0 Å². The minimum atomic E-state index is -1.55. The number of aliphatic hydroxyl groups excluding tert-OH is 2. The molecule has 14 nitrogen and oxygen atoms in total. The second-order valence-corrected chi connectivity index (χ2v) is 3.93. The third-order valence-corrected chi connectivity index (χ3v) is 1.39. The molecule has 0 aromatic carbocycles. The van der Waals surface area contributed by atoms with Crippen molar-refractivity contribution in [2.75, 3.05) is 0 Å². The van der Waals surface area contributed by atoms with Crippen LogP contribution in [-0.4, -0.2) is 171 Å². The van der Waals surface area contributed by atoms with Gasteiger partial charge < -0.3 is 69.6 Å². The number of rotatable bonds is 6. The summed E-state index contributed by atoms with van der Waals surface area (Å²) in [5, 5.41) is 72.3. The van der Waals surface area contributed by atoms with Gasteiger partial charge in [-0.25, -0.2) is 0 Å². The van der Waals surface area contributed by atoms with Crippen LogP contribution in [0.4, 0.5) is 0 Å². The first-order valence-corrected chi connectivity index (χ1v) is 6.52. The minimum absolute atomic E-state index is 0. The number of carbonyl (C=O) groups excluding carboxylic acids is 6. The number of carboxylic acid groups (broad SMARTS) is 6. The SMILES string of the molecule is CC(O)C(=O)[O-].CC(O)C(=O)[O-].O=C([O-])/C=C\C(=O)[O-].O=C([O-])/C=C\C(=O)[O-].[Ca+2].[Ca+2].[Ca+2]. The van der Waals surface area contributed by atoms with Gasteiger partial charge in [-0.3, -0.25) is 0 Å². The first-order chi connectivity index (χ1) is 12.5. The van der Waals surface area contributed by atoms with Crippen molar-refractivity contribution in [2.24, 2.45) is 0 Å². The van der Waals surface area contributed by atoms with Gasteiger partial charge in [0, 0.05) is 0 Å². The van der Waals surface area contributed by atoms with E-state index in [4.69, 9.17) is 10.2 Å². The number of aliphatic carboxylic acids is 6. The average Bonchev–Trinajstić information content (AvgIpc) is 2.52. The van der Waals surface area contributed by atoms with Gasteiger partial charge in [0.25, 0.3) is 0 Å². The Morgan fingerprint density at radius 3 is 0.645 bits per heavy atom. The number of hydrogen-bond donors (Lipinski definition) is 2. The van der Waals surface area contributed by atoms with Crippen molar-refractivity contribution in [3.63, 3.8) is 0 Å². The zero-order chi connectivity index (χ0) is 23.4. The molecule has 0 aliphatic heterocycles. The standard InChI is InChI=1S/2C4H4O4.2C3H6O3.3Ca/c2*5-3(6)1-2-4(7)8;2*1-2(4)3(5)6;;;/h2*1-2H,(H,5,6)(H,7,8);2*2,4H,1H3,(H,5,6);;;/q;;;;3*+2/p-6/b2*2-1-;;;;;. The van der Waals surface area contributed by atoms with E-state index >= 15 is 0 Å². The molecule has 0 amide bonds. The van der Waals surface area contributed by atoms with Gasteiger partial charge in [-0.05, 0) is 38.2 Å². The smallest absolute Gasteiger partial charge is 0.547 e. The number of hydrogen-bond acceptors (Lipinski definition) is 14. The topological polar surface area (TPSA) is 281 Å². The molecule has 0 radical (unpaired) electrons. The predicted octanol–water partition coefficient (Wildman–Crippen LogP) is -10.8. The molecule has 0 fully saturated rings. The van der Waals surface area contributed by atoms with Gasteiger partial charge in [0.1, 0.15) is 0 Å². The summed E-state index contributed by atoms with van der Waals surface area (Å²) >= 11 is 0. The van der Waals surface area contributed by atoms with Crippen LogP contribution in [-0.2, 0) is 28.8 Å². The largest absolute Gasteiger partial charge is 2.00 e. The molecule has 17 heteroatoms. The van der Waals surface area contributed by atoms with Crippen LogP contribution in [0.1, 0.15) is 13.8 Å². The zero-order valence-corrected chi connectivity index (χ0v) is 23.0. The molecule has 0 aromatic heterocycles. The summed E-state index contributed by atoms with van der Waals surface area (Å²) < 4.78 is 0. The molecule has 0 aliphatic rings. The fourth-order valence-electron chi connectivity index (χ4n) is 0.272. The molecule has 0 aliphatic carbocycles. The summed E-state index contributed by atoms with van der Waals surface area (Å²) in [6, 6.07) is 0. The number of aliphatic hydroxyl groups is 2. The fourth-order valence-corrected chi connectivity index (χ4v) is 0.272. The maximum atomic E-state index is 9.41.